The summed E-state index contributed by atoms with van der Waals surface area (Å²) in [5, 5.41) is 0. The van der Waals surface area contributed by atoms with Gasteiger partial charge in [0.05, 0.1) is 0 Å². The average molecular weight is 441 g/mol. The number of hydrogen-bond donors (Lipinski definition) is 0. The zero-order valence-corrected chi connectivity index (χ0v) is 21.0. The van der Waals surface area contributed by atoms with Gasteiger partial charge < -0.3 is 4.74 Å². The van der Waals surface area contributed by atoms with E-state index in [1.807, 2.05) is 0 Å². The minimum atomic E-state index is -1.49. The lowest BCUT2D eigenvalue weighted by Crippen LogP contribution is -2.22. The number of hydrogen-bond acceptors (Lipinski definition) is 2. The molecular weight excluding hydrogens is 387 g/mol. The Hall–Kier alpha value is -0.860. The molecule has 0 aliphatic rings. The second-order valence-electron chi connectivity index (χ2n) is 9.34. The number of halogens is 1. The van der Waals surface area contributed by atoms with E-state index in [1.54, 1.807) is 0 Å². The van der Waals surface area contributed by atoms with E-state index in [1.165, 1.54) is 96.3 Å². The number of carbonyl (C=O) groups excluding carboxylic acids is 1. The number of esters is 1. The predicted molar refractivity (Wildman–Crippen MR) is 133 cm³/mol. The van der Waals surface area contributed by atoms with Gasteiger partial charge in [0.25, 0.3) is 0 Å². The molecule has 0 saturated heterocycles. The van der Waals surface area contributed by atoms with Crippen LogP contribution >= 0.6 is 0 Å². The van der Waals surface area contributed by atoms with Crippen molar-refractivity contribution in [3.63, 3.8) is 0 Å². The standard InChI is InChI=1S/C28H53FO2/c1-4-7-9-11-12-13-14-15-16-17-18-19-21-23-25-26(24-22-20-10-8-5-2)28(29)31-27(30)6-3/h6,26,28H,3-5,7-25H2,1-2H3. The quantitative estimate of drug-likeness (QED) is 0.0847. The molecule has 0 aliphatic carbocycles. The third-order valence-corrected chi connectivity index (χ3v) is 6.37. The van der Waals surface area contributed by atoms with E-state index < -0.39 is 12.3 Å². The molecule has 2 nitrogen and oxygen atoms in total. The zero-order chi connectivity index (χ0) is 23.0. The highest BCUT2D eigenvalue weighted by atomic mass is 19.1. The smallest absolute Gasteiger partial charge is 0.332 e. The van der Waals surface area contributed by atoms with Gasteiger partial charge in [0.1, 0.15) is 0 Å². The van der Waals surface area contributed by atoms with Crippen LogP contribution in [0, 0.1) is 5.92 Å². The van der Waals surface area contributed by atoms with Crippen LogP contribution in [0.5, 0.6) is 0 Å². The summed E-state index contributed by atoms with van der Waals surface area (Å²) in [5.41, 5.74) is 0. The lowest BCUT2D eigenvalue weighted by atomic mass is 9.94. The Bertz CT molecular complexity index is 396. The molecule has 0 fully saturated rings. The van der Waals surface area contributed by atoms with Gasteiger partial charge in [-0.2, -0.15) is 0 Å². The summed E-state index contributed by atoms with van der Waals surface area (Å²) < 4.78 is 19.3. The molecule has 3 heteroatoms. The molecule has 0 spiro atoms. The zero-order valence-electron chi connectivity index (χ0n) is 21.0. The van der Waals surface area contributed by atoms with Crippen molar-refractivity contribution < 1.29 is 13.9 Å². The normalized spacial score (nSPS) is 13.1. The van der Waals surface area contributed by atoms with E-state index in [2.05, 4.69) is 20.4 Å². The van der Waals surface area contributed by atoms with Gasteiger partial charge >= 0.3 is 5.97 Å². The number of alkyl halides is 1. The van der Waals surface area contributed by atoms with Crippen molar-refractivity contribution in [2.45, 2.75) is 155 Å². The minimum Gasteiger partial charge on any atom is -0.428 e. The first kappa shape index (κ1) is 30.1. The Morgan fingerprint density at radius 2 is 1.00 bits per heavy atom. The molecule has 184 valence electrons. The second-order valence-corrected chi connectivity index (χ2v) is 9.34. The second kappa shape index (κ2) is 23.8. The number of carbonyl (C=O) groups is 1. The third kappa shape index (κ3) is 20.8. The Kier molecular flexibility index (Phi) is 23.1. The third-order valence-electron chi connectivity index (χ3n) is 6.37. The number of rotatable bonds is 24. The van der Waals surface area contributed by atoms with Gasteiger partial charge in [-0.05, 0) is 12.8 Å². The fourth-order valence-corrected chi connectivity index (χ4v) is 4.27. The molecule has 0 saturated carbocycles. The molecule has 0 aromatic carbocycles. The highest BCUT2D eigenvalue weighted by Gasteiger charge is 2.23. The van der Waals surface area contributed by atoms with Gasteiger partial charge in [0.2, 0.25) is 6.36 Å². The van der Waals surface area contributed by atoms with Crippen LogP contribution in [0.15, 0.2) is 12.7 Å². The highest BCUT2D eigenvalue weighted by Crippen LogP contribution is 2.25. The molecule has 0 rings (SSSR count). The summed E-state index contributed by atoms with van der Waals surface area (Å²) >= 11 is 0. The Labute approximate surface area is 193 Å². The van der Waals surface area contributed by atoms with Crippen molar-refractivity contribution in [2.75, 3.05) is 0 Å². The number of ether oxygens (including phenoxy) is 1. The molecule has 0 bridgehead atoms. The van der Waals surface area contributed by atoms with Crippen LogP contribution in [-0.2, 0) is 9.53 Å². The first-order valence-corrected chi connectivity index (χ1v) is 13.6. The molecule has 2 unspecified atom stereocenters. The van der Waals surface area contributed by atoms with E-state index in [4.69, 9.17) is 4.74 Å². The van der Waals surface area contributed by atoms with Gasteiger partial charge in [0, 0.05) is 12.0 Å². The topological polar surface area (TPSA) is 26.3 Å². The van der Waals surface area contributed by atoms with Crippen molar-refractivity contribution in [2.24, 2.45) is 5.92 Å². The van der Waals surface area contributed by atoms with Crippen molar-refractivity contribution in [3.05, 3.63) is 12.7 Å². The Morgan fingerprint density at radius 1 is 0.677 bits per heavy atom. The lowest BCUT2D eigenvalue weighted by molar-refractivity contribution is -0.157. The van der Waals surface area contributed by atoms with Gasteiger partial charge in [-0.15, -0.1) is 0 Å². The highest BCUT2D eigenvalue weighted by molar-refractivity contribution is 5.81. The van der Waals surface area contributed by atoms with Crippen LogP contribution in [0.25, 0.3) is 0 Å². The van der Waals surface area contributed by atoms with Gasteiger partial charge in [-0.25, -0.2) is 9.18 Å². The van der Waals surface area contributed by atoms with Crippen LogP contribution in [0.4, 0.5) is 4.39 Å². The maximum Gasteiger partial charge on any atom is 0.332 e. The fourth-order valence-electron chi connectivity index (χ4n) is 4.27. The summed E-state index contributed by atoms with van der Waals surface area (Å²) in [6.45, 7) is 7.84. The lowest BCUT2D eigenvalue weighted by Gasteiger charge is -2.20. The molecule has 0 amide bonds. The van der Waals surface area contributed by atoms with E-state index in [0.717, 1.165) is 44.6 Å². The molecule has 2 atom stereocenters. The van der Waals surface area contributed by atoms with Crippen molar-refractivity contribution >= 4 is 5.97 Å². The van der Waals surface area contributed by atoms with E-state index in [9.17, 15) is 9.18 Å². The maximum atomic E-state index is 14.5. The van der Waals surface area contributed by atoms with Gasteiger partial charge in [0.15, 0.2) is 0 Å². The molecule has 0 N–H and O–H groups in total. The fraction of sp³-hybridized carbons (Fsp3) is 0.893. The molecule has 0 aromatic rings. The molecule has 0 heterocycles. The average Bonchev–Trinajstić information content (AvgIpc) is 2.77. The maximum absolute atomic E-state index is 14.5. The summed E-state index contributed by atoms with van der Waals surface area (Å²) in [6.07, 6.45) is 25.6. The Balaban J connectivity index is 3.77. The van der Waals surface area contributed by atoms with Gasteiger partial charge in [-0.1, -0.05) is 142 Å². The van der Waals surface area contributed by atoms with Crippen molar-refractivity contribution in [1.29, 1.82) is 0 Å². The van der Waals surface area contributed by atoms with Crippen LogP contribution < -0.4 is 0 Å². The largest absolute Gasteiger partial charge is 0.428 e. The molecular formula is C28H53FO2. The van der Waals surface area contributed by atoms with Crippen LogP contribution in [0.3, 0.4) is 0 Å². The van der Waals surface area contributed by atoms with Crippen molar-refractivity contribution in [3.8, 4) is 0 Å². The number of unbranched alkanes of at least 4 members (excludes halogenated alkanes) is 17. The first-order valence-electron chi connectivity index (χ1n) is 13.6. The SMILES string of the molecule is C=CC(=O)OC(F)C(CCCCCCC)CCCCCCCCCCCCCCCC. The molecule has 0 radical (unpaired) electrons. The van der Waals surface area contributed by atoms with E-state index in [-0.39, 0.29) is 5.92 Å². The molecule has 31 heavy (non-hydrogen) atoms. The monoisotopic (exact) mass is 440 g/mol. The molecule has 0 aliphatic heterocycles. The van der Waals surface area contributed by atoms with Crippen LogP contribution in [0.2, 0.25) is 0 Å². The van der Waals surface area contributed by atoms with E-state index >= 15 is 0 Å². The summed E-state index contributed by atoms with van der Waals surface area (Å²) in [6, 6.07) is 0. The molecule has 0 aromatic heterocycles. The van der Waals surface area contributed by atoms with Gasteiger partial charge in [-0.3, -0.25) is 0 Å². The van der Waals surface area contributed by atoms with Crippen LogP contribution in [-0.4, -0.2) is 12.3 Å². The summed E-state index contributed by atoms with van der Waals surface area (Å²) in [4.78, 5) is 11.4. The summed E-state index contributed by atoms with van der Waals surface area (Å²) in [5.74, 6) is -0.813. The van der Waals surface area contributed by atoms with E-state index in [0.29, 0.717) is 0 Å². The first-order chi connectivity index (χ1) is 15.2. The predicted octanol–water partition coefficient (Wildman–Crippen LogP) is 9.86. The van der Waals surface area contributed by atoms with Crippen LogP contribution in [0.1, 0.15) is 149 Å². The minimum absolute atomic E-state index is 0.164. The van der Waals surface area contributed by atoms with Crippen molar-refractivity contribution in [1.82, 2.24) is 0 Å². The summed E-state index contributed by atoms with van der Waals surface area (Å²) in [7, 11) is 0. The Morgan fingerprint density at radius 3 is 1.32 bits per heavy atom.